The van der Waals surface area contributed by atoms with Crippen molar-refractivity contribution in [1.82, 2.24) is 10.2 Å². The average molecular weight is 402 g/mol. The van der Waals surface area contributed by atoms with Crippen molar-refractivity contribution in [3.8, 4) is 5.75 Å². The summed E-state index contributed by atoms with van der Waals surface area (Å²) in [5.74, 6) is 0.429. The van der Waals surface area contributed by atoms with Crippen LogP contribution in [0.15, 0.2) is 58.9 Å². The molecular formula is C19H19N3O3S2. The normalized spacial score (nSPS) is 11.6. The van der Waals surface area contributed by atoms with Gasteiger partial charge in [-0.15, -0.1) is 10.2 Å². The number of benzene rings is 2. The summed E-state index contributed by atoms with van der Waals surface area (Å²) >= 11 is 2.70. The lowest BCUT2D eigenvalue weighted by atomic mass is 10.1. The van der Waals surface area contributed by atoms with Gasteiger partial charge >= 0.3 is 5.97 Å². The fraction of sp³-hybridized carbons (Fsp3) is 0.211. The zero-order valence-corrected chi connectivity index (χ0v) is 16.5. The second kappa shape index (κ2) is 9.38. The summed E-state index contributed by atoms with van der Waals surface area (Å²) in [7, 11) is 1.62. The van der Waals surface area contributed by atoms with Gasteiger partial charge < -0.3 is 14.8 Å². The van der Waals surface area contributed by atoms with Gasteiger partial charge in [0.05, 0.1) is 19.4 Å². The minimum Gasteiger partial charge on any atom is -0.495 e. The lowest BCUT2D eigenvalue weighted by Crippen LogP contribution is -2.13. The smallest absolute Gasteiger partial charge is 0.324 e. The second-order valence-electron chi connectivity index (χ2n) is 5.36. The Morgan fingerprint density at radius 1 is 1.15 bits per heavy atom. The van der Waals surface area contributed by atoms with Crippen LogP contribution in [-0.4, -0.2) is 29.9 Å². The molecule has 8 heteroatoms. The van der Waals surface area contributed by atoms with Gasteiger partial charge in [0.15, 0.2) is 4.34 Å². The molecule has 1 atom stereocenters. The number of hydrogen-bond donors (Lipinski definition) is 1. The molecule has 1 aromatic heterocycles. The van der Waals surface area contributed by atoms with E-state index in [1.54, 1.807) is 14.0 Å². The van der Waals surface area contributed by atoms with Crippen LogP contribution in [0.25, 0.3) is 0 Å². The number of para-hydroxylation sites is 2. The minimum absolute atomic E-state index is 0.289. The summed E-state index contributed by atoms with van der Waals surface area (Å²) < 4.78 is 11.2. The van der Waals surface area contributed by atoms with Crippen LogP contribution in [0.4, 0.5) is 10.8 Å². The molecule has 0 amide bonds. The first-order valence-electron chi connectivity index (χ1n) is 8.33. The Morgan fingerprint density at radius 2 is 1.89 bits per heavy atom. The Labute approximate surface area is 165 Å². The van der Waals surface area contributed by atoms with Crippen LogP contribution < -0.4 is 10.1 Å². The number of aromatic nitrogens is 2. The highest BCUT2D eigenvalue weighted by Gasteiger charge is 2.25. The molecule has 0 unspecified atom stereocenters. The van der Waals surface area contributed by atoms with E-state index >= 15 is 0 Å². The SMILES string of the molecule is CCOC(=O)[C@H](Sc1nnc(Nc2ccccc2OC)s1)c1ccccc1. The molecule has 27 heavy (non-hydrogen) atoms. The standard InChI is InChI=1S/C19H19N3O3S2/c1-3-25-17(23)16(13-9-5-4-6-10-13)26-19-22-21-18(27-19)20-14-11-7-8-12-15(14)24-2/h4-12,16H,3H2,1-2H3,(H,20,21)/t16-/m1/s1. The number of ether oxygens (including phenoxy) is 2. The number of rotatable bonds is 8. The monoisotopic (exact) mass is 401 g/mol. The number of anilines is 2. The number of methoxy groups -OCH3 is 1. The Morgan fingerprint density at radius 3 is 2.63 bits per heavy atom. The first-order valence-corrected chi connectivity index (χ1v) is 10.0. The molecule has 1 N–H and O–H groups in total. The van der Waals surface area contributed by atoms with Crippen molar-refractivity contribution in [2.75, 3.05) is 19.0 Å². The van der Waals surface area contributed by atoms with E-state index in [-0.39, 0.29) is 5.97 Å². The molecule has 140 valence electrons. The lowest BCUT2D eigenvalue weighted by Gasteiger charge is -2.13. The molecule has 3 aromatic rings. The number of carbonyl (C=O) groups is 1. The first kappa shape index (κ1) is 19.2. The third-order valence-electron chi connectivity index (χ3n) is 3.58. The number of nitrogens with zero attached hydrogens (tertiary/aromatic N) is 2. The van der Waals surface area contributed by atoms with Crippen LogP contribution in [0.1, 0.15) is 17.7 Å². The molecule has 0 bridgehead atoms. The number of esters is 1. The first-order chi connectivity index (χ1) is 13.2. The Bertz CT molecular complexity index is 887. The van der Waals surface area contributed by atoms with E-state index in [2.05, 4.69) is 15.5 Å². The van der Waals surface area contributed by atoms with Gasteiger partial charge in [0.1, 0.15) is 11.0 Å². The molecule has 0 saturated heterocycles. The Balaban J connectivity index is 1.77. The highest BCUT2D eigenvalue weighted by Crippen LogP contribution is 2.39. The predicted octanol–water partition coefficient (Wildman–Crippen LogP) is 4.69. The molecular weight excluding hydrogens is 382 g/mol. The third-order valence-corrected chi connectivity index (χ3v) is 5.73. The van der Waals surface area contributed by atoms with Crippen LogP contribution in [0.2, 0.25) is 0 Å². The number of hydrogen-bond acceptors (Lipinski definition) is 8. The molecule has 2 aromatic carbocycles. The Kier molecular flexibility index (Phi) is 6.67. The van der Waals surface area contributed by atoms with Crippen molar-refractivity contribution < 1.29 is 14.3 Å². The van der Waals surface area contributed by atoms with E-state index in [1.807, 2.05) is 54.6 Å². The van der Waals surface area contributed by atoms with Crippen molar-refractivity contribution >= 4 is 39.9 Å². The van der Waals surface area contributed by atoms with E-state index in [9.17, 15) is 4.79 Å². The third kappa shape index (κ3) is 4.99. The highest BCUT2D eigenvalue weighted by molar-refractivity contribution is 8.01. The van der Waals surface area contributed by atoms with E-state index in [0.29, 0.717) is 16.1 Å². The maximum atomic E-state index is 12.4. The molecule has 6 nitrogen and oxygen atoms in total. The zero-order chi connectivity index (χ0) is 19.1. The van der Waals surface area contributed by atoms with Crippen LogP contribution in [-0.2, 0) is 9.53 Å². The summed E-state index contributed by atoms with van der Waals surface area (Å²) in [6.45, 7) is 2.13. The fourth-order valence-electron chi connectivity index (χ4n) is 2.37. The number of nitrogens with one attached hydrogen (secondary N) is 1. The summed E-state index contributed by atoms with van der Waals surface area (Å²) in [5.41, 5.74) is 1.67. The molecule has 0 aliphatic heterocycles. The zero-order valence-electron chi connectivity index (χ0n) is 14.9. The molecule has 0 spiro atoms. The van der Waals surface area contributed by atoms with Gasteiger partial charge in [-0.2, -0.15) is 0 Å². The van der Waals surface area contributed by atoms with Gasteiger partial charge in [0.2, 0.25) is 5.13 Å². The van der Waals surface area contributed by atoms with Gasteiger partial charge in [0.25, 0.3) is 0 Å². The quantitative estimate of drug-likeness (QED) is 0.434. The van der Waals surface area contributed by atoms with Crippen molar-refractivity contribution in [3.63, 3.8) is 0 Å². The minimum atomic E-state index is -0.488. The van der Waals surface area contributed by atoms with Gasteiger partial charge in [-0.1, -0.05) is 65.6 Å². The topological polar surface area (TPSA) is 73.3 Å². The lowest BCUT2D eigenvalue weighted by molar-refractivity contribution is -0.142. The summed E-state index contributed by atoms with van der Waals surface area (Å²) in [6, 6.07) is 17.1. The molecule has 0 radical (unpaired) electrons. The van der Waals surface area contributed by atoms with E-state index in [4.69, 9.17) is 9.47 Å². The summed E-state index contributed by atoms with van der Waals surface area (Å²) in [6.07, 6.45) is 0. The highest BCUT2D eigenvalue weighted by atomic mass is 32.2. The summed E-state index contributed by atoms with van der Waals surface area (Å²) in [5, 5.41) is 11.7. The number of thioether (sulfide) groups is 1. The van der Waals surface area contributed by atoms with Crippen LogP contribution in [0.3, 0.4) is 0 Å². The second-order valence-corrected chi connectivity index (χ2v) is 7.69. The molecule has 0 aliphatic rings. The van der Waals surface area contributed by atoms with E-state index in [1.165, 1.54) is 23.1 Å². The van der Waals surface area contributed by atoms with E-state index in [0.717, 1.165) is 17.0 Å². The van der Waals surface area contributed by atoms with Crippen molar-refractivity contribution in [2.24, 2.45) is 0 Å². The maximum Gasteiger partial charge on any atom is 0.324 e. The molecule has 0 fully saturated rings. The van der Waals surface area contributed by atoms with Crippen LogP contribution in [0, 0.1) is 0 Å². The molecule has 0 saturated carbocycles. The maximum absolute atomic E-state index is 12.4. The van der Waals surface area contributed by atoms with Crippen molar-refractivity contribution in [2.45, 2.75) is 16.5 Å². The van der Waals surface area contributed by atoms with Crippen LogP contribution in [0.5, 0.6) is 5.75 Å². The molecule has 0 aliphatic carbocycles. The average Bonchev–Trinajstić information content (AvgIpc) is 3.14. The van der Waals surface area contributed by atoms with Crippen molar-refractivity contribution in [1.29, 1.82) is 0 Å². The largest absolute Gasteiger partial charge is 0.495 e. The van der Waals surface area contributed by atoms with Crippen LogP contribution >= 0.6 is 23.1 Å². The van der Waals surface area contributed by atoms with Gasteiger partial charge in [-0.05, 0) is 24.6 Å². The molecule has 3 rings (SSSR count). The Hall–Kier alpha value is -2.58. The number of carbonyl (C=O) groups excluding carboxylic acids is 1. The van der Waals surface area contributed by atoms with Gasteiger partial charge in [-0.25, -0.2) is 0 Å². The fourth-order valence-corrected chi connectivity index (χ4v) is 4.32. The molecule has 1 heterocycles. The van der Waals surface area contributed by atoms with Crippen molar-refractivity contribution in [3.05, 3.63) is 60.2 Å². The predicted molar refractivity (Wildman–Crippen MR) is 108 cm³/mol. The van der Waals surface area contributed by atoms with Gasteiger partial charge in [0, 0.05) is 0 Å². The van der Waals surface area contributed by atoms with Gasteiger partial charge in [-0.3, -0.25) is 4.79 Å². The summed E-state index contributed by atoms with van der Waals surface area (Å²) in [4.78, 5) is 12.4. The van der Waals surface area contributed by atoms with E-state index < -0.39 is 5.25 Å².